The zero-order valence-corrected chi connectivity index (χ0v) is 27.0. The van der Waals surface area contributed by atoms with Crippen molar-refractivity contribution in [1.29, 1.82) is 0 Å². The van der Waals surface area contributed by atoms with Gasteiger partial charge in [0.25, 0.3) is 0 Å². The lowest BCUT2D eigenvalue weighted by molar-refractivity contribution is -0.130. The highest BCUT2D eigenvalue weighted by atomic mass is 35.5. The summed E-state index contributed by atoms with van der Waals surface area (Å²) in [4.78, 5) is 24.5. The lowest BCUT2D eigenvalue weighted by atomic mass is 9.77. The fourth-order valence-electron chi connectivity index (χ4n) is 10.0. The van der Waals surface area contributed by atoms with Gasteiger partial charge in [0.1, 0.15) is 0 Å². The predicted octanol–water partition coefficient (Wildman–Crippen LogP) is 0.924. The Hall–Kier alpha value is -0.520. The number of fused-ring (bicyclic) bond motifs is 2. The van der Waals surface area contributed by atoms with Gasteiger partial charge in [0, 0.05) is 74.9 Å². The average molecular weight is 593 g/mol. The van der Waals surface area contributed by atoms with Crippen LogP contribution < -0.4 is 21.7 Å². The van der Waals surface area contributed by atoms with Gasteiger partial charge < -0.3 is 21.3 Å². The number of amides is 1. The van der Waals surface area contributed by atoms with Gasteiger partial charge in [0.05, 0.1) is 18.1 Å². The number of halogens is 1. The molecule has 1 amide bonds. The largest absolute Gasteiger partial charge is 0.350 e. The molecule has 41 heavy (non-hydrogen) atoms. The summed E-state index contributed by atoms with van der Waals surface area (Å²) in [6.45, 7) is 15.1. The fraction of sp³-hybridized carbons (Fsp3) is 0.968. The van der Waals surface area contributed by atoms with Gasteiger partial charge in [-0.3, -0.25) is 24.8 Å². The number of likely N-dealkylation sites (N-methyl/N-ethyl adjacent to an activating group) is 1. The van der Waals surface area contributed by atoms with E-state index in [1.165, 1.54) is 25.9 Å². The minimum absolute atomic E-state index is 0.0957. The third-order valence-electron chi connectivity index (χ3n) is 12.7. The van der Waals surface area contributed by atoms with Crippen LogP contribution in [-0.2, 0) is 4.79 Å². The van der Waals surface area contributed by atoms with Crippen molar-refractivity contribution >= 4 is 17.5 Å². The van der Waals surface area contributed by atoms with E-state index in [9.17, 15) is 4.79 Å². The molecule has 1 saturated carbocycles. The molecule has 10 heteroatoms. The van der Waals surface area contributed by atoms with Crippen molar-refractivity contribution in [1.82, 2.24) is 35.6 Å². The van der Waals surface area contributed by atoms with Crippen LogP contribution in [-0.4, -0.2) is 140 Å². The van der Waals surface area contributed by atoms with Crippen molar-refractivity contribution in [2.24, 2.45) is 22.5 Å². The second-order valence-electron chi connectivity index (χ2n) is 14.8. The quantitative estimate of drug-likeness (QED) is 0.325. The first-order valence-electron chi connectivity index (χ1n) is 16.7. The topological polar surface area (TPSA) is 92.1 Å². The maximum atomic E-state index is 14.3. The minimum atomic E-state index is -0.352. The van der Waals surface area contributed by atoms with E-state index < -0.39 is 0 Å². The Kier molecular flexibility index (Phi) is 8.76. The highest BCUT2D eigenvalue weighted by Gasteiger charge is 2.75. The number of rotatable bonds is 7. The van der Waals surface area contributed by atoms with E-state index >= 15 is 0 Å². The van der Waals surface area contributed by atoms with Crippen LogP contribution in [0.1, 0.15) is 59.3 Å². The van der Waals surface area contributed by atoms with Gasteiger partial charge in [0.15, 0.2) is 0 Å². The van der Waals surface area contributed by atoms with Gasteiger partial charge in [-0.2, -0.15) is 0 Å². The molecule has 6 rings (SSSR count). The Morgan fingerprint density at radius 1 is 1.07 bits per heavy atom. The van der Waals surface area contributed by atoms with Gasteiger partial charge in [-0.25, -0.2) is 0 Å². The molecule has 0 aromatic heterocycles. The fourth-order valence-corrected chi connectivity index (χ4v) is 10.5. The number of hydrogen-bond acceptors (Lipinski definition) is 8. The number of alkyl halides is 1. The van der Waals surface area contributed by atoms with Crippen molar-refractivity contribution in [2.45, 2.75) is 107 Å². The second-order valence-corrected chi connectivity index (χ2v) is 15.4. The maximum Gasteiger partial charge on any atom is 0.227 e. The van der Waals surface area contributed by atoms with E-state index in [4.69, 9.17) is 17.3 Å². The van der Waals surface area contributed by atoms with Crippen molar-refractivity contribution in [2.75, 3.05) is 66.5 Å². The molecular formula is C31H57ClN8O. The molecule has 9 nitrogen and oxygen atoms in total. The molecule has 5 saturated heterocycles. The van der Waals surface area contributed by atoms with Gasteiger partial charge in [-0.15, -0.1) is 11.6 Å². The van der Waals surface area contributed by atoms with E-state index in [1.807, 2.05) is 0 Å². The molecule has 5 heterocycles. The number of nitrogens with one attached hydrogen (secondary N) is 3. The van der Waals surface area contributed by atoms with Crippen LogP contribution in [0.25, 0.3) is 0 Å². The first-order valence-corrected chi connectivity index (χ1v) is 17.1. The molecule has 0 spiro atoms. The number of nitrogens with two attached hydrogens (primary N) is 1. The summed E-state index contributed by atoms with van der Waals surface area (Å²) in [6.07, 6.45) is 6.31. The first-order chi connectivity index (χ1) is 19.6. The molecule has 0 radical (unpaired) electrons. The summed E-state index contributed by atoms with van der Waals surface area (Å²) in [7, 11) is 4.39. The molecule has 6 fully saturated rings. The van der Waals surface area contributed by atoms with Crippen LogP contribution in [0.15, 0.2) is 0 Å². The number of nitrogens with zero attached hydrogens (tertiary/aromatic N) is 4. The summed E-state index contributed by atoms with van der Waals surface area (Å²) < 4.78 is 0. The molecule has 5 N–H and O–H groups in total. The van der Waals surface area contributed by atoms with E-state index in [2.05, 4.69) is 70.4 Å². The van der Waals surface area contributed by atoms with Crippen LogP contribution in [0, 0.1) is 16.7 Å². The average Bonchev–Trinajstić information content (AvgIpc) is 3.44. The Morgan fingerprint density at radius 3 is 2.46 bits per heavy atom. The van der Waals surface area contributed by atoms with E-state index in [0.29, 0.717) is 24.2 Å². The normalized spacial score (nSPS) is 45.0. The molecule has 234 valence electrons. The van der Waals surface area contributed by atoms with Crippen LogP contribution in [0.5, 0.6) is 0 Å². The number of carbonyl (C=O) groups excluding carboxylic acids is 1. The molecule has 0 aromatic rings. The first kappa shape index (κ1) is 30.5. The van der Waals surface area contributed by atoms with Crippen LogP contribution in [0.2, 0.25) is 0 Å². The molecule has 2 bridgehead atoms. The predicted molar refractivity (Wildman–Crippen MR) is 166 cm³/mol. The smallest absolute Gasteiger partial charge is 0.227 e. The van der Waals surface area contributed by atoms with Crippen molar-refractivity contribution < 1.29 is 4.79 Å². The molecule has 0 aromatic carbocycles. The van der Waals surface area contributed by atoms with Gasteiger partial charge in [-0.05, 0) is 76.5 Å². The van der Waals surface area contributed by atoms with Crippen LogP contribution in [0.3, 0.4) is 0 Å². The molecule has 9 atom stereocenters. The highest BCUT2D eigenvalue weighted by molar-refractivity contribution is 6.20. The number of carbonyl (C=O) groups is 1. The summed E-state index contributed by atoms with van der Waals surface area (Å²) in [5.74, 6) is -0.167. The molecule has 5 aliphatic heterocycles. The minimum Gasteiger partial charge on any atom is -0.350 e. The summed E-state index contributed by atoms with van der Waals surface area (Å²) in [5.41, 5.74) is 7.25. The summed E-state index contributed by atoms with van der Waals surface area (Å²) in [6, 6.07) is 2.34. The van der Waals surface area contributed by atoms with E-state index in [-0.39, 0.29) is 46.3 Å². The van der Waals surface area contributed by atoms with E-state index in [1.54, 1.807) is 0 Å². The third-order valence-corrected chi connectivity index (χ3v) is 13.0. The van der Waals surface area contributed by atoms with Gasteiger partial charge in [0.2, 0.25) is 5.91 Å². The van der Waals surface area contributed by atoms with Crippen LogP contribution >= 0.6 is 11.6 Å². The summed E-state index contributed by atoms with van der Waals surface area (Å²) in [5, 5.41) is 11.0. The Labute approximate surface area is 253 Å². The maximum absolute atomic E-state index is 14.3. The number of piperidine rings is 2. The number of hydrogen-bond donors (Lipinski definition) is 4. The van der Waals surface area contributed by atoms with Gasteiger partial charge >= 0.3 is 0 Å². The third kappa shape index (κ3) is 5.28. The zero-order chi connectivity index (χ0) is 29.1. The SMILES string of the molecule is CCN1CC(Cl)CC2(C)C3NC(N)C(C(=O)NC4CNCCC4N4CCC(N5CC(N(C)C)C5)CC4)C1CC32CC. The lowest BCUT2D eigenvalue weighted by Gasteiger charge is -2.51. The molecule has 1 aliphatic carbocycles. The van der Waals surface area contributed by atoms with E-state index in [0.717, 1.165) is 65.0 Å². The molecule has 9 unspecified atom stereocenters. The van der Waals surface area contributed by atoms with Crippen molar-refractivity contribution in [3.8, 4) is 0 Å². The van der Waals surface area contributed by atoms with Crippen molar-refractivity contribution in [3.05, 3.63) is 0 Å². The summed E-state index contributed by atoms with van der Waals surface area (Å²) >= 11 is 6.98. The number of likely N-dealkylation sites (tertiary alicyclic amines) is 3. The Bertz CT molecular complexity index is 941. The standard InChI is InChI=1S/C31H57ClN8O/c1-6-31-15-25-26(27(33)36-29(31)30(31,3)14-20(32)17-38(25)7-2)28(41)35-23-16-34-11-8-24(23)39-12-9-21(10-13-39)40-18-22(19-40)37(4)5/h20-27,29,34,36H,6-19,33H2,1-5H3,(H,35,41). The Balaban J connectivity index is 1.13. The van der Waals surface area contributed by atoms with Crippen LogP contribution in [0.4, 0.5) is 0 Å². The lowest BCUT2D eigenvalue weighted by Crippen LogP contribution is -2.66. The van der Waals surface area contributed by atoms with Gasteiger partial charge in [-0.1, -0.05) is 20.8 Å². The molecule has 6 aliphatic rings. The Morgan fingerprint density at radius 2 is 1.80 bits per heavy atom. The molecular weight excluding hydrogens is 536 g/mol. The highest BCUT2D eigenvalue weighted by Crippen LogP contribution is 2.72. The zero-order valence-electron chi connectivity index (χ0n) is 26.2. The second kappa shape index (κ2) is 11.8. The van der Waals surface area contributed by atoms with Crippen molar-refractivity contribution in [3.63, 3.8) is 0 Å². The monoisotopic (exact) mass is 592 g/mol.